The number of aromatic nitrogens is 3. The lowest BCUT2D eigenvalue weighted by Crippen LogP contribution is -2.31. The van der Waals surface area contributed by atoms with Gasteiger partial charge in [0.05, 0.1) is 0 Å². The second kappa shape index (κ2) is 5.71. The maximum absolute atomic E-state index is 4.42. The quantitative estimate of drug-likeness (QED) is 0.792. The van der Waals surface area contributed by atoms with Gasteiger partial charge < -0.3 is 9.30 Å². The highest BCUT2D eigenvalue weighted by Crippen LogP contribution is 2.20. The summed E-state index contributed by atoms with van der Waals surface area (Å²) in [5.74, 6) is 1.10. The van der Waals surface area contributed by atoms with Crippen molar-refractivity contribution in [1.29, 1.82) is 0 Å². The van der Waals surface area contributed by atoms with Crippen molar-refractivity contribution in [3.8, 4) is 0 Å². The van der Waals surface area contributed by atoms with Gasteiger partial charge in [-0.2, -0.15) is 0 Å². The standard InChI is InChI=1S/C13H18N4S/c1-2-6-16(7-3-1)10-11-18-13-12-14-4-8-17(12)9-5-15-13/h4-5,8-9H,1-3,6-7,10-11H2. The average molecular weight is 262 g/mol. The maximum atomic E-state index is 4.42. The van der Waals surface area contributed by atoms with Crippen LogP contribution in [-0.4, -0.2) is 44.7 Å². The van der Waals surface area contributed by atoms with E-state index in [0.29, 0.717) is 0 Å². The van der Waals surface area contributed by atoms with Crippen molar-refractivity contribution in [3.63, 3.8) is 0 Å². The third-order valence-electron chi connectivity index (χ3n) is 3.37. The number of nitrogens with zero attached hydrogens (tertiary/aromatic N) is 4. The predicted molar refractivity (Wildman–Crippen MR) is 74.0 cm³/mol. The van der Waals surface area contributed by atoms with Gasteiger partial charge >= 0.3 is 0 Å². The van der Waals surface area contributed by atoms with Crippen LogP contribution in [-0.2, 0) is 0 Å². The largest absolute Gasteiger partial charge is 0.303 e. The highest BCUT2D eigenvalue weighted by Gasteiger charge is 2.10. The first-order valence-corrected chi connectivity index (χ1v) is 7.55. The Hall–Kier alpha value is -1.07. The topological polar surface area (TPSA) is 33.4 Å². The molecule has 0 N–H and O–H groups in total. The number of fused-ring (bicyclic) bond motifs is 1. The zero-order valence-electron chi connectivity index (χ0n) is 10.5. The predicted octanol–water partition coefficient (Wildman–Crippen LogP) is 2.31. The van der Waals surface area contributed by atoms with Gasteiger partial charge in [-0.05, 0) is 25.9 Å². The lowest BCUT2D eigenvalue weighted by Gasteiger charge is -2.25. The fourth-order valence-corrected chi connectivity index (χ4v) is 3.35. The molecule has 0 radical (unpaired) electrons. The molecule has 2 aromatic rings. The second-order valence-corrected chi connectivity index (χ2v) is 5.72. The molecule has 0 amide bonds. The van der Waals surface area contributed by atoms with E-state index in [2.05, 4.69) is 14.9 Å². The van der Waals surface area contributed by atoms with Crippen LogP contribution in [0.1, 0.15) is 19.3 Å². The number of piperidine rings is 1. The van der Waals surface area contributed by atoms with Gasteiger partial charge in [0, 0.05) is 37.1 Å². The van der Waals surface area contributed by atoms with E-state index in [1.165, 1.54) is 32.4 Å². The first-order valence-electron chi connectivity index (χ1n) is 6.56. The first kappa shape index (κ1) is 12.0. The molecule has 3 heterocycles. The van der Waals surface area contributed by atoms with Gasteiger partial charge in [0.1, 0.15) is 5.03 Å². The molecular weight excluding hydrogens is 244 g/mol. The van der Waals surface area contributed by atoms with Gasteiger partial charge in [0.2, 0.25) is 0 Å². The molecule has 5 heteroatoms. The molecule has 0 aromatic carbocycles. The van der Waals surface area contributed by atoms with Crippen LogP contribution >= 0.6 is 11.8 Å². The lowest BCUT2D eigenvalue weighted by atomic mass is 10.1. The number of hydrogen-bond donors (Lipinski definition) is 0. The van der Waals surface area contributed by atoms with Crippen molar-refractivity contribution in [3.05, 3.63) is 24.8 Å². The summed E-state index contributed by atoms with van der Waals surface area (Å²) >= 11 is 1.81. The van der Waals surface area contributed by atoms with E-state index in [1.807, 2.05) is 40.9 Å². The fraction of sp³-hybridized carbons (Fsp3) is 0.538. The molecule has 96 valence electrons. The van der Waals surface area contributed by atoms with Gasteiger partial charge in [-0.1, -0.05) is 6.42 Å². The van der Waals surface area contributed by atoms with Gasteiger partial charge in [-0.15, -0.1) is 11.8 Å². The fourth-order valence-electron chi connectivity index (χ4n) is 2.39. The minimum Gasteiger partial charge on any atom is -0.303 e. The van der Waals surface area contributed by atoms with E-state index in [1.54, 1.807) is 0 Å². The minimum atomic E-state index is 0.973. The Kier molecular flexibility index (Phi) is 3.81. The van der Waals surface area contributed by atoms with E-state index >= 15 is 0 Å². The van der Waals surface area contributed by atoms with E-state index in [0.717, 1.165) is 23.0 Å². The van der Waals surface area contributed by atoms with E-state index in [-0.39, 0.29) is 0 Å². The van der Waals surface area contributed by atoms with Gasteiger partial charge in [-0.25, -0.2) is 9.97 Å². The summed E-state index contributed by atoms with van der Waals surface area (Å²) in [5.41, 5.74) is 0.973. The number of hydrogen-bond acceptors (Lipinski definition) is 4. The van der Waals surface area contributed by atoms with Crippen molar-refractivity contribution < 1.29 is 0 Å². The van der Waals surface area contributed by atoms with Crippen LogP contribution in [0.25, 0.3) is 5.65 Å². The molecule has 1 saturated heterocycles. The molecule has 0 bridgehead atoms. The van der Waals surface area contributed by atoms with E-state index < -0.39 is 0 Å². The Morgan fingerprint density at radius 2 is 1.83 bits per heavy atom. The van der Waals surface area contributed by atoms with Crippen LogP contribution in [0.4, 0.5) is 0 Å². The zero-order valence-corrected chi connectivity index (χ0v) is 11.3. The van der Waals surface area contributed by atoms with Gasteiger partial charge in [0.15, 0.2) is 5.65 Å². The van der Waals surface area contributed by atoms with Crippen LogP contribution in [0.15, 0.2) is 29.8 Å². The van der Waals surface area contributed by atoms with Crippen molar-refractivity contribution >= 4 is 17.4 Å². The van der Waals surface area contributed by atoms with E-state index in [9.17, 15) is 0 Å². The Labute approximate surface area is 111 Å². The molecule has 0 spiro atoms. The van der Waals surface area contributed by atoms with Gasteiger partial charge in [0.25, 0.3) is 0 Å². The smallest absolute Gasteiger partial charge is 0.169 e. The molecule has 0 aliphatic carbocycles. The molecular formula is C13H18N4S. The summed E-state index contributed by atoms with van der Waals surface area (Å²) in [4.78, 5) is 11.3. The molecule has 2 aromatic heterocycles. The highest BCUT2D eigenvalue weighted by molar-refractivity contribution is 7.99. The average Bonchev–Trinajstić information content (AvgIpc) is 2.89. The molecule has 0 saturated carbocycles. The Morgan fingerprint density at radius 1 is 1.06 bits per heavy atom. The Balaban J connectivity index is 1.57. The summed E-state index contributed by atoms with van der Waals surface area (Å²) in [6, 6.07) is 0. The van der Waals surface area contributed by atoms with Crippen LogP contribution < -0.4 is 0 Å². The van der Waals surface area contributed by atoms with Crippen LogP contribution in [0.5, 0.6) is 0 Å². The lowest BCUT2D eigenvalue weighted by molar-refractivity contribution is 0.242. The number of imidazole rings is 1. The summed E-state index contributed by atoms with van der Waals surface area (Å²) in [6.07, 6.45) is 11.7. The number of rotatable bonds is 4. The van der Waals surface area contributed by atoms with E-state index in [4.69, 9.17) is 0 Å². The molecule has 18 heavy (non-hydrogen) atoms. The zero-order chi connectivity index (χ0) is 12.2. The summed E-state index contributed by atoms with van der Waals surface area (Å²) in [6.45, 7) is 3.69. The monoisotopic (exact) mass is 262 g/mol. The first-order chi connectivity index (χ1) is 8.93. The van der Waals surface area contributed by atoms with Gasteiger partial charge in [-0.3, -0.25) is 0 Å². The normalized spacial score (nSPS) is 17.3. The van der Waals surface area contributed by atoms with Crippen molar-refractivity contribution in [2.45, 2.75) is 24.3 Å². The van der Waals surface area contributed by atoms with Crippen molar-refractivity contribution in [2.24, 2.45) is 0 Å². The number of likely N-dealkylation sites (tertiary alicyclic amines) is 1. The maximum Gasteiger partial charge on any atom is 0.169 e. The summed E-state index contributed by atoms with van der Waals surface area (Å²) in [5, 5.41) is 1.04. The summed E-state index contributed by atoms with van der Waals surface area (Å²) < 4.78 is 2.02. The number of thioether (sulfide) groups is 1. The SMILES string of the molecule is c1cn2ccnc2c(SCCN2CCCCC2)n1. The van der Waals surface area contributed by atoms with Crippen LogP contribution in [0.3, 0.4) is 0 Å². The third kappa shape index (κ3) is 2.67. The van der Waals surface area contributed by atoms with Crippen LogP contribution in [0, 0.1) is 0 Å². The molecule has 4 nitrogen and oxygen atoms in total. The Bertz CT molecular complexity index is 504. The molecule has 3 rings (SSSR count). The molecule has 0 atom stereocenters. The molecule has 0 unspecified atom stereocenters. The summed E-state index contributed by atoms with van der Waals surface area (Å²) in [7, 11) is 0. The molecule has 1 fully saturated rings. The highest BCUT2D eigenvalue weighted by atomic mass is 32.2. The minimum absolute atomic E-state index is 0.973. The molecule has 1 aliphatic rings. The van der Waals surface area contributed by atoms with Crippen molar-refractivity contribution in [2.75, 3.05) is 25.4 Å². The van der Waals surface area contributed by atoms with Crippen molar-refractivity contribution in [1.82, 2.24) is 19.3 Å². The van der Waals surface area contributed by atoms with Crippen LogP contribution in [0.2, 0.25) is 0 Å². The molecule has 1 aliphatic heterocycles. The second-order valence-electron chi connectivity index (χ2n) is 4.64. The Morgan fingerprint density at radius 3 is 2.67 bits per heavy atom. The third-order valence-corrected chi connectivity index (χ3v) is 4.32.